The topological polar surface area (TPSA) is 17.1 Å². The van der Waals surface area contributed by atoms with Crippen molar-refractivity contribution >= 4 is 5.78 Å². The van der Waals surface area contributed by atoms with Crippen LogP contribution in [0.15, 0.2) is 0 Å². The fourth-order valence-corrected chi connectivity index (χ4v) is 0. The van der Waals surface area contributed by atoms with Crippen molar-refractivity contribution in [1.82, 2.24) is 0 Å². The Morgan fingerprint density at radius 2 is 1.83 bits per heavy atom. The molecule has 0 fully saturated rings. The Kier molecular flexibility index (Phi) is 8.24. The van der Waals surface area contributed by atoms with E-state index >= 15 is 0 Å². The smallest absolute Gasteiger partial charge is 0.129 e. The van der Waals surface area contributed by atoms with Gasteiger partial charge in [0.2, 0.25) is 0 Å². The molecule has 0 unspecified atom stereocenters. The Hall–Kier alpha value is 0.202. The summed E-state index contributed by atoms with van der Waals surface area (Å²) >= 11 is 0. The zero-order valence-corrected chi connectivity index (χ0v) is 5.30. The molecule has 36 valence electrons. The average molecular weight is 124 g/mol. The van der Waals surface area contributed by atoms with Gasteiger partial charge in [0.15, 0.2) is 0 Å². The van der Waals surface area contributed by atoms with Crippen molar-refractivity contribution in [2.24, 2.45) is 0 Å². The number of carbonyl (C=O) groups excluding carboxylic acids is 1. The van der Waals surface area contributed by atoms with Gasteiger partial charge in [0.1, 0.15) is 5.78 Å². The van der Waals surface area contributed by atoms with Gasteiger partial charge in [-0.2, -0.15) is 0 Å². The van der Waals surface area contributed by atoms with Gasteiger partial charge in [0.05, 0.1) is 0 Å². The molecule has 1 nitrogen and oxygen atoms in total. The van der Waals surface area contributed by atoms with Gasteiger partial charge in [-0.05, 0) is 6.92 Å². The Balaban J connectivity index is 0. The van der Waals surface area contributed by atoms with Gasteiger partial charge in [0.25, 0.3) is 0 Å². The molecule has 0 aliphatic rings. The van der Waals surface area contributed by atoms with E-state index in [9.17, 15) is 4.79 Å². The predicted octanol–water partition coefficient (Wildman–Crippen LogP) is 0.983. The van der Waals surface area contributed by atoms with Crippen LogP contribution in [0.5, 0.6) is 0 Å². The van der Waals surface area contributed by atoms with Crippen LogP contribution in [0.25, 0.3) is 0 Å². The molecular formula is C4H8CrO. The van der Waals surface area contributed by atoms with Crippen LogP contribution in [0.3, 0.4) is 0 Å². The SMILES string of the molecule is CCC(C)=O.[Cr]. The van der Waals surface area contributed by atoms with Crippen molar-refractivity contribution in [3.63, 3.8) is 0 Å². The molecule has 0 spiro atoms. The molecule has 0 saturated heterocycles. The molecule has 0 aliphatic carbocycles. The third kappa shape index (κ3) is 8.88. The van der Waals surface area contributed by atoms with Crippen LogP contribution in [0, 0.1) is 0 Å². The molecule has 0 atom stereocenters. The molecule has 0 aliphatic heterocycles. The van der Waals surface area contributed by atoms with E-state index in [1.165, 1.54) is 0 Å². The van der Waals surface area contributed by atoms with Crippen molar-refractivity contribution < 1.29 is 22.2 Å². The fourth-order valence-electron chi connectivity index (χ4n) is 0. The minimum Gasteiger partial charge on any atom is -0.300 e. The van der Waals surface area contributed by atoms with Gasteiger partial charge in [-0.3, -0.25) is 0 Å². The van der Waals surface area contributed by atoms with Crippen LogP contribution in [0.2, 0.25) is 0 Å². The molecule has 0 aromatic carbocycles. The van der Waals surface area contributed by atoms with E-state index < -0.39 is 0 Å². The molecule has 0 aromatic heterocycles. The van der Waals surface area contributed by atoms with Crippen molar-refractivity contribution in [2.75, 3.05) is 0 Å². The minimum absolute atomic E-state index is 0. The van der Waals surface area contributed by atoms with Gasteiger partial charge in [-0.25, -0.2) is 0 Å². The van der Waals surface area contributed by atoms with Crippen LogP contribution in [0.1, 0.15) is 20.3 Å². The summed E-state index contributed by atoms with van der Waals surface area (Å²) in [6, 6.07) is 0. The van der Waals surface area contributed by atoms with E-state index in [4.69, 9.17) is 0 Å². The Morgan fingerprint density at radius 1 is 1.67 bits per heavy atom. The summed E-state index contributed by atoms with van der Waals surface area (Å²) in [4.78, 5) is 9.81. The second-order valence-electron chi connectivity index (χ2n) is 1.06. The maximum absolute atomic E-state index is 9.81. The number of Topliss-reactive ketones (excluding diaryl/α,β-unsaturated/α-hetero) is 1. The van der Waals surface area contributed by atoms with Crippen molar-refractivity contribution in [1.29, 1.82) is 0 Å². The summed E-state index contributed by atoms with van der Waals surface area (Å²) in [5.41, 5.74) is 0. The summed E-state index contributed by atoms with van der Waals surface area (Å²) < 4.78 is 0. The molecular weight excluding hydrogens is 116 g/mol. The third-order valence-electron chi connectivity index (χ3n) is 0.498. The van der Waals surface area contributed by atoms with Crippen molar-refractivity contribution in [2.45, 2.75) is 20.3 Å². The summed E-state index contributed by atoms with van der Waals surface area (Å²) in [6.07, 6.45) is 0.667. The quantitative estimate of drug-likeness (QED) is 0.509. The first-order valence-corrected chi connectivity index (χ1v) is 1.76. The van der Waals surface area contributed by atoms with Crippen LogP contribution in [-0.4, -0.2) is 5.78 Å². The van der Waals surface area contributed by atoms with Crippen LogP contribution in [-0.2, 0) is 22.2 Å². The molecule has 0 aromatic rings. The number of hydrogen-bond donors (Lipinski definition) is 0. The van der Waals surface area contributed by atoms with Gasteiger partial charge >= 0.3 is 0 Å². The van der Waals surface area contributed by atoms with E-state index in [1.807, 2.05) is 6.92 Å². The molecule has 0 bridgehead atoms. The first-order valence-electron chi connectivity index (χ1n) is 1.76. The first kappa shape index (κ1) is 9.51. The standard InChI is InChI=1S/C4H8O.Cr/c1-3-4(2)5;/h3H2,1-2H3;. The number of hydrogen-bond acceptors (Lipinski definition) is 1. The van der Waals surface area contributed by atoms with Crippen LogP contribution < -0.4 is 0 Å². The van der Waals surface area contributed by atoms with Crippen molar-refractivity contribution in [3.05, 3.63) is 0 Å². The molecule has 0 amide bonds. The van der Waals surface area contributed by atoms with E-state index in [2.05, 4.69) is 0 Å². The van der Waals surface area contributed by atoms with E-state index in [-0.39, 0.29) is 23.1 Å². The van der Waals surface area contributed by atoms with Gasteiger partial charge in [-0.1, -0.05) is 6.92 Å². The van der Waals surface area contributed by atoms with E-state index in [0.29, 0.717) is 6.42 Å². The molecule has 0 saturated carbocycles. The second kappa shape index (κ2) is 5.20. The van der Waals surface area contributed by atoms with Crippen LogP contribution in [0.4, 0.5) is 0 Å². The fraction of sp³-hybridized carbons (Fsp3) is 0.750. The maximum atomic E-state index is 9.81. The molecule has 0 rings (SSSR count). The molecule has 0 radical (unpaired) electrons. The first-order chi connectivity index (χ1) is 2.27. The number of carbonyl (C=O) groups is 1. The van der Waals surface area contributed by atoms with Crippen molar-refractivity contribution in [3.8, 4) is 0 Å². The van der Waals surface area contributed by atoms with E-state index in [1.54, 1.807) is 6.92 Å². The molecule has 0 N–H and O–H groups in total. The molecule has 6 heavy (non-hydrogen) atoms. The van der Waals surface area contributed by atoms with Gasteiger partial charge < -0.3 is 4.79 Å². The largest absolute Gasteiger partial charge is 0.300 e. The maximum Gasteiger partial charge on any atom is 0.129 e. The van der Waals surface area contributed by atoms with E-state index in [0.717, 1.165) is 0 Å². The number of ketones is 1. The summed E-state index contributed by atoms with van der Waals surface area (Å²) in [5.74, 6) is 0.255. The van der Waals surface area contributed by atoms with Gasteiger partial charge in [-0.15, -0.1) is 0 Å². The summed E-state index contributed by atoms with van der Waals surface area (Å²) in [7, 11) is 0. The zero-order valence-electron chi connectivity index (χ0n) is 4.02. The Morgan fingerprint density at radius 3 is 1.83 bits per heavy atom. The normalized spacial score (nSPS) is 6.33. The summed E-state index contributed by atoms with van der Waals surface area (Å²) in [5, 5.41) is 0. The zero-order chi connectivity index (χ0) is 4.28. The number of rotatable bonds is 1. The van der Waals surface area contributed by atoms with Gasteiger partial charge in [0, 0.05) is 23.8 Å². The minimum atomic E-state index is 0. The third-order valence-corrected chi connectivity index (χ3v) is 0.498. The molecule has 0 heterocycles. The second-order valence-corrected chi connectivity index (χ2v) is 1.06. The predicted molar refractivity (Wildman–Crippen MR) is 21.0 cm³/mol. The van der Waals surface area contributed by atoms with Crippen LogP contribution >= 0.6 is 0 Å². The Labute approximate surface area is 48.9 Å². The Bertz CT molecular complexity index is 42.8. The molecule has 2 heteroatoms. The average Bonchev–Trinajstić information content (AvgIpc) is 1.38. The monoisotopic (exact) mass is 124 g/mol. The summed E-state index contributed by atoms with van der Waals surface area (Å²) in [6.45, 7) is 3.43.